The quantitative estimate of drug-likeness (QED) is 0.516. The average Bonchev–Trinajstić information content (AvgIpc) is 2.88. The molecule has 0 spiro atoms. The topological polar surface area (TPSA) is 29.1 Å². The van der Waals surface area contributed by atoms with Gasteiger partial charge in [0.25, 0.3) is 5.91 Å². The van der Waals surface area contributed by atoms with Crippen molar-refractivity contribution in [3.05, 3.63) is 49.7 Å². The van der Waals surface area contributed by atoms with Crippen LogP contribution in [0.4, 0.5) is 5.69 Å². The lowest BCUT2D eigenvalue weighted by molar-refractivity contribution is 0.102. The molecule has 1 aromatic heterocycles. The predicted molar refractivity (Wildman–Crippen MR) is 94.7 cm³/mol. The van der Waals surface area contributed by atoms with E-state index in [0.717, 1.165) is 20.6 Å². The van der Waals surface area contributed by atoms with Gasteiger partial charge in [0.2, 0.25) is 0 Å². The van der Waals surface area contributed by atoms with Gasteiger partial charge in [0.1, 0.15) is 0 Å². The van der Waals surface area contributed by atoms with Crippen LogP contribution in [-0.2, 0) is 6.42 Å². The van der Waals surface area contributed by atoms with Crippen molar-refractivity contribution in [2.75, 3.05) is 5.32 Å². The molecule has 0 bridgehead atoms. The number of thiophene rings is 1. The number of benzene rings is 1. The van der Waals surface area contributed by atoms with E-state index in [2.05, 4.69) is 47.0 Å². The number of unbranched alkanes of at least 4 members (excludes halogenated alkanes) is 2. The summed E-state index contributed by atoms with van der Waals surface area (Å²) in [4.78, 5) is 12.0. The number of carbonyl (C=O) groups is 1. The molecule has 1 aromatic carbocycles. The third-order valence-electron chi connectivity index (χ3n) is 3.11. The maximum Gasteiger partial charge on any atom is 0.256 e. The van der Waals surface area contributed by atoms with Gasteiger partial charge in [-0.1, -0.05) is 31.9 Å². The fourth-order valence-corrected chi connectivity index (χ4v) is 3.29. The summed E-state index contributed by atoms with van der Waals surface area (Å²) in [6.45, 7) is 2.21. The van der Waals surface area contributed by atoms with E-state index in [1.165, 1.54) is 24.8 Å². The zero-order valence-electron chi connectivity index (χ0n) is 11.5. The maximum atomic E-state index is 12.0. The Morgan fingerprint density at radius 2 is 2.00 bits per heavy atom. The molecule has 4 heteroatoms. The second kappa shape index (κ2) is 7.78. The standard InChI is InChI=1S/C16H18INOS/c1-2-3-4-5-12-6-8-14(9-7-12)18-16(19)13-10-15(17)20-11-13/h6-11H,2-5H2,1H3,(H,18,19). The van der Waals surface area contributed by atoms with Gasteiger partial charge in [-0.3, -0.25) is 4.79 Å². The summed E-state index contributed by atoms with van der Waals surface area (Å²) in [6.07, 6.45) is 4.86. The molecule has 0 saturated carbocycles. The third kappa shape index (κ3) is 4.59. The number of anilines is 1. The Balaban J connectivity index is 1.91. The lowest BCUT2D eigenvalue weighted by Crippen LogP contribution is -2.10. The van der Waals surface area contributed by atoms with Gasteiger partial charge in [0, 0.05) is 11.1 Å². The van der Waals surface area contributed by atoms with E-state index in [1.54, 1.807) is 11.3 Å². The highest BCUT2D eigenvalue weighted by Gasteiger charge is 2.08. The van der Waals surface area contributed by atoms with Crippen LogP contribution in [0.3, 0.4) is 0 Å². The van der Waals surface area contributed by atoms with Crippen molar-refractivity contribution >= 4 is 45.5 Å². The minimum Gasteiger partial charge on any atom is -0.322 e. The zero-order valence-corrected chi connectivity index (χ0v) is 14.5. The largest absolute Gasteiger partial charge is 0.322 e. The molecule has 0 radical (unpaired) electrons. The molecule has 0 atom stereocenters. The van der Waals surface area contributed by atoms with Gasteiger partial charge in [-0.25, -0.2) is 0 Å². The summed E-state index contributed by atoms with van der Waals surface area (Å²) < 4.78 is 1.12. The SMILES string of the molecule is CCCCCc1ccc(NC(=O)c2csc(I)c2)cc1. The minimum absolute atomic E-state index is 0.0390. The number of carbonyl (C=O) groups excluding carboxylic acids is 1. The molecule has 0 aliphatic rings. The van der Waals surface area contributed by atoms with Gasteiger partial charge < -0.3 is 5.32 Å². The van der Waals surface area contributed by atoms with Crippen LogP contribution in [0.5, 0.6) is 0 Å². The van der Waals surface area contributed by atoms with Crippen molar-refractivity contribution in [1.82, 2.24) is 0 Å². The van der Waals surface area contributed by atoms with Crippen LogP contribution in [0, 0.1) is 2.88 Å². The highest BCUT2D eigenvalue weighted by Crippen LogP contribution is 2.18. The molecule has 1 amide bonds. The molecule has 2 rings (SSSR count). The number of nitrogens with one attached hydrogen (secondary N) is 1. The fourth-order valence-electron chi connectivity index (χ4n) is 1.97. The molecule has 0 unspecified atom stereocenters. The summed E-state index contributed by atoms with van der Waals surface area (Å²) in [5, 5.41) is 4.82. The van der Waals surface area contributed by atoms with Crippen molar-refractivity contribution in [2.24, 2.45) is 0 Å². The Hall–Kier alpha value is -0.880. The molecule has 1 heterocycles. The average molecular weight is 399 g/mol. The van der Waals surface area contributed by atoms with E-state index >= 15 is 0 Å². The maximum absolute atomic E-state index is 12.0. The van der Waals surface area contributed by atoms with Crippen molar-refractivity contribution in [3.63, 3.8) is 0 Å². The monoisotopic (exact) mass is 399 g/mol. The molecule has 20 heavy (non-hydrogen) atoms. The first-order valence-corrected chi connectivity index (χ1v) is 8.79. The van der Waals surface area contributed by atoms with E-state index < -0.39 is 0 Å². The zero-order chi connectivity index (χ0) is 14.4. The number of halogens is 1. The van der Waals surface area contributed by atoms with E-state index in [0.29, 0.717) is 0 Å². The summed E-state index contributed by atoms with van der Waals surface area (Å²) >= 11 is 3.81. The van der Waals surface area contributed by atoms with Gasteiger partial charge in [-0.15, -0.1) is 11.3 Å². The summed E-state index contributed by atoms with van der Waals surface area (Å²) in [5.74, 6) is -0.0390. The van der Waals surface area contributed by atoms with Crippen molar-refractivity contribution < 1.29 is 4.79 Å². The number of amides is 1. The highest BCUT2D eigenvalue weighted by atomic mass is 127. The Kier molecular flexibility index (Phi) is 6.04. The second-order valence-electron chi connectivity index (χ2n) is 4.75. The lowest BCUT2D eigenvalue weighted by Gasteiger charge is -2.05. The normalized spacial score (nSPS) is 10.5. The number of hydrogen-bond donors (Lipinski definition) is 1. The highest BCUT2D eigenvalue weighted by molar-refractivity contribution is 14.1. The van der Waals surface area contributed by atoms with Crippen LogP contribution >= 0.6 is 33.9 Å². The smallest absolute Gasteiger partial charge is 0.256 e. The molecule has 0 fully saturated rings. The molecule has 0 saturated heterocycles. The van der Waals surface area contributed by atoms with E-state index in [1.807, 2.05) is 23.6 Å². The van der Waals surface area contributed by atoms with Gasteiger partial charge >= 0.3 is 0 Å². The molecule has 2 aromatic rings. The molecular weight excluding hydrogens is 381 g/mol. The summed E-state index contributed by atoms with van der Waals surface area (Å²) in [5.41, 5.74) is 2.92. The van der Waals surface area contributed by atoms with Crippen LogP contribution in [0.25, 0.3) is 0 Å². The van der Waals surface area contributed by atoms with Crippen LogP contribution in [0.2, 0.25) is 0 Å². The Bertz CT molecular complexity index is 562. The fraction of sp³-hybridized carbons (Fsp3) is 0.312. The van der Waals surface area contributed by atoms with Crippen molar-refractivity contribution in [1.29, 1.82) is 0 Å². The number of rotatable bonds is 6. The summed E-state index contributed by atoms with van der Waals surface area (Å²) in [7, 11) is 0. The Labute approximate surface area is 137 Å². The molecular formula is C16H18INOS. The summed E-state index contributed by atoms with van der Waals surface area (Å²) in [6, 6.07) is 10.1. The van der Waals surface area contributed by atoms with Crippen LogP contribution in [0.1, 0.15) is 42.1 Å². The van der Waals surface area contributed by atoms with Crippen LogP contribution in [0.15, 0.2) is 35.7 Å². The molecule has 0 aliphatic carbocycles. The minimum atomic E-state index is -0.0390. The van der Waals surface area contributed by atoms with Gasteiger partial charge in [0.05, 0.1) is 8.45 Å². The first-order valence-electron chi connectivity index (χ1n) is 6.83. The Morgan fingerprint density at radius 3 is 2.60 bits per heavy atom. The number of aryl methyl sites for hydroxylation is 1. The van der Waals surface area contributed by atoms with Crippen LogP contribution < -0.4 is 5.32 Å². The van der Waals surface area contributed by atoms with Gasteiger partial charge in [0.15, 0.2) is 0 Å². The first kappa shape index (κ1) is 15.5. The van der Waals surface area contributed by atoms with Gasteiger partial charge in [-0.05, 0) is 59.2 Å². The third-order valence-corrected chi connectivity index (χ3v) is 4.90. The van der Waals surface area contributed by atoms with Crippen molar-refractivity contribution in [3.8, 4) is 0 Å². The van der Waals surface area contributed by atoms with E-state index in [-0.39, 0.29) is 5.91 Å². The molecule has 0 aliphatic heterocycles. The predicted octanol–water partition coefficient (Wildman–Crippen LogP) is 5.34. The Morgan fingerprint density at radius 1 is 1.25 bits per heavy atom. The van der Waals surface area contributed by atoms with Crippen molar-refractivity contribution in [2.45, 2.75) is 32.6 Å². The number of hydrogen-bond acceptors (Lipinski definition) is 2. The van der Waals surface area contributed by atoms with E-state index in [9.17, 15) is 4.79 Å². The molecule has 106 valence electrons. The molecule has 2 nitrogen and oxygen atoms in total. The first-order chi connectivity index (χ1) is 9.69. The van der Waals surface area contributed by atoms with Gasteiger partial charge in [-0.2, -0.15) is 0 Å². The van der Waals surface area contributed by atoms with E-state index in [4.69, 9.17) is 0 Å². The second-order valence-corrected chi connectivity index (χ2v) is 7.55. The lowest BCUT2D eigenvalue weighted by atomic mass is 10.1. The molecule has 1 N–H and O–H groups in total. The van der Waals surface area contributed by atoms with Crippen LogP contribution in [-0.4, -0.2) is 5.91 Å².